The number of rotatable bonds is 5. The summed E-state index contributed by atoms with van der Waals surface area (Å²) in [5, 5.41) is 137. The van der Waals surface area contributed by atoms with Gasteiger partial charge in [0.15, 0.2) is 11.0 Å². The van der Waals surface area contributed by atoms with Crippen LogP contribution in [-0.2, 0) is 21.0 Å². The summed E-state index contributed by atoms with van der Waals surface area (Å²) in [5.41, 5.74) is -4.48. The molecule has 1 aromatic heterocycles. The summed E-state index contributed by atoms with van der Waals surface area (Å²) in [7, 11) is 0. The fourth-order valence-corrected chi connectivity index (χ4v) is 5.52. The minimum Gasteiger partial charge on any atom is -0.508 e. The Morgan fingerprint density at radius 2 is 1.16 bits per heavy atom. The highest BCUT2D eigenvalue weighted by molar-refractivity contribution is 5.92. The molecule has 0 radical (unpaired) electrons. The molecule has 0 aliphatic carbocycles. The molecule has 2 aliphatic heterocycles. The molecule has 10 atom stereocenters. The maximum atomic E-state index is 13.5. The van der Waals surface area contributed by atoms with Gasteiger partial charge in [0.2, 0.25) is 11.6 Å². The van der Waals surface area contributed by atoms with Crippen molar-refractivity contribution < 1.29 is 80.3 Å². The molecule has 3 aromatic rings. The second-order valence-corrected chi connectivity index (χ2v) is 10.6. The molecule has 0 unspecified atom stereocenters. The lowest BCUT2D eigenvalue weighted by Crippen LogP contribution is -2.64. The average Bonchev–Trinajstić information content (AvgIpc) is 2.99. The van der Waals surface area contributed by atoms with Gasteiger partial charge in [-0.1, -0.05) is 0 Å². The number of phenols is 3. The summed E-state index contributed by atoms with van der Waals surface area (Å²) in [6.45, 7) is -2.16. The topological polar surface area (TPSA) is 312 Å². The van der Waals surface area contributed by atoms with Crippen molar-refractivity contribution in [3.63, 3.8) is 0 Å². The van der Waals surface area contributed by atoms with E-state index in [1.165, 1.54) is 24.3 Å². The van der Waals surface area contributed by atoms with E-state index in [0.717, 1.165) is 6.07 Å². The summed E-state index contributed by atoms with van der Waals surface area (Å²) in [4.78, 5) is 13.5. The van der Waals surface area contributed by atoms with Gasteiger partial charge in [0.1, 0.15) is 77.2 Å². The summed E-state index contributed by atoms with van der Waals surface area (Å²) in [6, 6.07) is 5.85. The second-order valence-electron chi connectivity index (χ2n) is 10.6. The van der Waals surface area contributed by atoms with Gasteiger partial charge in [0.25, 0.3) is 0 Å². The highest BCUT2D eigenvalue weighted by Crippen LogP contribution is 2.53. The Bertz CT molecular complexity index is 1600. The summed E-state index contributed by atoms with van der Waals surface area (Å²) >= 11 is 0. The molecule has 2 aliphatic rings. The number of ether oxygens (including phenoxy) is 2. The van der Waals surface area contributed by atoms with E-state index in [2.05, 4.69) is 0 Å². The summed E-state index contributed by atoms with van der Waals surface area (Å²) in [6.07, 6.45) is -17.5. The molecule has 17 heteroatoms. The molecule has 44 heavy (non-hydrogen) atoms. The number of phenolic OH excluding ortho intramolecular Hbond substituents is 3. The Balaban J connectivity index is 1.90. The van der Waals surface area contributed by atoms with Gasteiger partial charge in [-0.25, -0.2) is 0 Å². The van der Waals surface area contributed by atoms with E-state index in [4.69, 9.17) is 13.9 Å². The molecule has 0 bridgehead atoms. The Labute approximate surface area is 245 Å². The minimum absolute atomic E-state index is 0.129. The molecule has 240 valence electrons. The molecule has 2 fully saturated rings. The Morgan fingerprint density at radius 3 is 1.64 bits per heavy atom. The van der Waals surface area contributed by atoms with Crippen LogP contribution in [0.25, 0.3) is 22.3 Å². The summed E-state index contributed by atoms with van der Waals surface area (Å²) in [5.74, 6) is -10.2. The zero-order valence-corrected chi connectivity index (χ0v) is 22.4. The fourth-order valence-electron chi connectivity index (χ4n) is 5.52. The predicted octanol–water partition coefficient (Wildman–Crippen LogP) is -4.19. The van der Waals surface area contributed by atoms with E-state index in [1.807, 2.05) is 0 Å². The quantitative estimate of drug-likeness (QED) is 0.128. The molecular weight excluding hydrogens is 596 g/mol. The molecule has 2 aromatic carbocycles. The first kappa shape index (κ1) is 32.0. The van der Waals surface area contributed by atoms with Crippen molar-refractivity contribution in [2.75, 3.05) is 13.2 Å². The fraction of sp³-hybridized carbons (Fsp3) is 0.444. The molecule has 2 saturated heterocycles. The Hall–Kier alpha value is -3.43. The van der Waals surface area contributed by atoms with Crippen LogP contribution in [0.2, 0.25) is 0 Å². The number of hydrogen-bond acceptors (Lipinski definition) is 17. The molecule has 17 nitrogen and oxygen atoms in total. The lowest BCUT2D eigenvalue weighted by Gasteiger charge is -2.47. The minimum atomic E-state index is -3.46. The van der Waals surface area contributed by atoms with E-state index < -0.39 is 113 Å². The van der Waals surface area contributed by atoms with Gasteiger partial charge in [-0.05, 0) is 24.3 Å². The van der Waals surface area contributed by atoms with Crippen LogP contribution in [0.15, 0.2) is 39.5 Å². The van der Waals surface area contributed by atoms with Crippen molar-refractivity contribution in [1.82, 2.24) is 0 Å². The van der Waals surface area contributed by atoms with Crippen molar-refractivity contribution in [3.8, 4) is 28.6 Å². The highest BCUT2D eigenvalue weighted by Gasteiger charge is 2.60. The number of benzene rings is 2. The monoisotopic (exact) mass is 626 g/mol. The van der Waals surface area contributed by atoms with Crippen molar-refractivity contribution in [1.29, 1.82) is 0 Å². The van der Waals surface area contributed by atoms with Crippen LogP contribution in [0.5, 0.6) is 17.2 Å². The van der Waals surface area contributed by atoms with Crippen LogP contribution in [0.1, 0.15) is 11.1 Å². The van der Waals surface area contributed by atoms with Crippen molar-refractivity contribution in [3.05, 3.63) is 51.7 Å². The Morgan fingerprint density at radius 1 is 0.682 bits per heavy atom. The third kappa shape index (κ3) is 4.62. The van der Waals surface area contributed by atoms with Gasteiger partial charge in [-0.15, -0.1) is 0 Å². The van der Waals surface area contributed by atoms with E-state index >= 15 is 0 Å². The smallest absolute Gasteiger partial charge is 0.229 e. The van der Waals surface area contributed by atoms with Crippen LogP contribution in [0.4, 0.5) is 0 Å². The molecule has 13 N–H and O–H groups in total. The van der Waals surface area contributed by atoms with Crippen LogP contribution in [0.3, 0.4) is 0 Å². The second kappa shape index (κ2) is 11.2. The van der Waals surface area contributed by atoms with Gasteiger partial charge in [-0.3, -0.25) is 4.79 Å². The first-order valence-corrected chi connectivity index (χ1v) is 13.1. The average molecular weight is 627 g/mol. The first-order valence-electron chi connectivity index (χ1n) is 13.1. The lowest BCUT2D eigenvalue weighted by atomic mass is 9.82. The van der Waals surface area contributed by atoms with Crippen LogP contribution >= 0.6 is 0 Å². The van der Waals surface area contributed by atoms with Crippen LogP contribution in [-0.4, -0.2) is 128 Å². The van der Waals surface area contributed by atoms with Crippen molar-refractivity contribution >= 4 is 11.0 Å². The molecule has 0 spiro atoms. The lowest BCUT2D eigenvalue weighted by molar-refractivity contribution is -0.361. The van der Waals surface area contributed by atoms with E-state index in [1.54, 1.807) is 0 Å². The zero-order valence-electron chi connectivity index (χ0n) is 22.4. The van der Waals surface area contributed by atoms with Crippen molar-refractivity contribution in [2.24, 2.45) is 0 Å². The number of hydrogen-bond donors (Lipinski definition) is 13. The van der Waals surface area contributed by atoms with Crippen molar-refractivity contribution in [2.45, 2.75) is 60.4 Å². The third-order valence-corrected chi connectivity index (χ3v) is 7.92. The maximum Gasteiger partial charge on any atom is 0.229 e. The largest absolute Gasteiger partial charge is 0.508 e. The maximum absolute atomic E-state index is 13.5. The molecule has 5 rings (SSSR count). The standard InChI is InChI=1S/C27H30O17/c28-6-12-17(32)21(36)24(38)26(40,43-12)15-19(34)14-10(31)5-11(8-1-3-9(30)4-2-8)42-23(14)16(20(15)35)27(41)25(39)22(37)18(33)13(7-29)44-27/h1-5,12-13,17-18,21-22,24-25,28-30,32-41H,6-7H2/t12-,13-,17+,18+,21+,22+,24-,25-,26+,27+/m1/s1. The Kier molecular flexibility index (Phi) is 8.12. The molecule has 0 saturated carbocycles. The number of fused-ring (bicyclic) bond motifs is 1. The normalized spacial score (nSPS) is 36.0. The summed E-state index contributed by atoms with van der Waals surface area (Å²) < 4.78 is 16.3. The van der Waals surface area contributed by atoms with Crippen LogP contribution < -0.4 is 5.43 Å². The van der Waals surface area contributed by atoms with E-state index in [0.29, 0.717) is 0 Å². The van der Waals surface area contributed by atoms with Gasteiger partial charge in [-0.2, -0.15) is 0 Å². The van der Waals surface area contributed by atoms with Crippen LogP contribution in [0, 0.1) is 0 Å². The molecule has 0 amide bonds. The van der Waals surface area contributed by atoms with E-state index in [-0.39, 0.29) is 17.1 Å². The third-order valence-electron chi connectivity index (χ3n) is 7.92. The number of aliphatic hydroxyl groups excluding tert-OH is 8. The molecular formula is C27H30O17. The van der Waals surface area contributed by atoms with Gasteiger partial charge < -0.3 is 80.3 Å². The number of aliphatic hydroxyl groups is 10. The van der Waals surface area contributed by atoms with Gasteiger partial charge >= 0.3 is 0 Å². The predicted molar refractivity (Wildman–Crippen MR) is 141 cm³/mol. The highest BCUT2D eigenvalue weighted by atomic mass is 16.7. The van der Waals surface area contributed by atoms with Gasteiger partial charge in [0, 0.05) is 11.6 Å². The molecule has 3 heterocycles. The number of aromatic hydroxyl groups is 3. The first-order chi connectivity index (χ1) is 20.6. The SMILES string of the molecule is O=c1cc(-c2ccc(O)cc2)oc2c([C@]3(O)O[C@H](CO)[C@H](O)[C@H](O)[C@H]3O)c(O)c([C@]3(O)O[C@H](CO)[C@H](O)[C@H](O)[C@H]3O)c(O)c12. The van der Waals surface area contributed by atoms with Gasteiger partial charge in [0.05, 0.1) is 24.3 Å². The zero-order chi connectivity index (χ0) is 32.5. The van der Waals surface area contributed by atoms with E-state index in [9.17, 15) is 71.2 Å².